The van der Waals surface area contributed by atoms with Gasteiger partial charge in [0.2, 0.25) is 5.91 Å². The second-order valence-corrected chi connectivity index (χ2v) is 5.85. The molecule has 0 aliphatic heterocycles. The second kappa shape index (κ2) is 7.99. The van der Waals surface area contributed by atoms with E-state index in [1.807, 2.05) is 13.0 Å². The Bertz CT molecular complexity index is 705. The van der Waals surface area contributed by atoms with E-state index in [4.69, 9.17) is 23.2 Å². The Hall–Kier alpha value is -2.04. The quantitative estimate of drug-likeness (QED) is 0.865. The highest BCUT2D eigenvalue weighted by atomic mass is 35.5. The molecule has 0 bridgehead atoms. The monoisotopic (exact) mass is 350 g/mol. The lowest BCUT2D eigenvalue weighted by Gasteiger charge is -2.16. The number of benzene rings is 2. The molecule has 2 N–H and O–H groups in total. The third-order valence-corrected chi connectivity index (χ3v) is 3.81. The first-order chi connectivity index (χ1) is 11.0. The summed E-state index contributed by atoms with van der Waals surface area (Å²) in [4.78, 5) is 23.8. The molecule has 2 aromatic rings. The maximum Gasteiger partial charge on any atom is 0.251 e. The molecule has 6 heteroatoms. The molecular weight excluding hydrogens is 335 g/mol. The zero-order valence-corrected chi connectivity index (χ0v) is 14.0. The molecule has 0 radical (unpaired) electrons. The van der Waals surface area contributed by atoms with Crippen LogP contribution in [0.15, 0.2) is 48.5 Å². The van der Waals surface area contributed by atoms with E-state index in [0.717, 1.165) is 5.56 Å². The summed E-state index contributed by atoms with van der Waals surface area (Å²) < 4.78 is 0. The predicted molar refractivity (Wildman–Crippen MR) is 91.8 cm³/mol. The van der Waals surface area contributed by atoms with E-state index in [2.05, 4.69) is 10.6 Å². The molecular formula is C17H16Cl2N2O2. The Labute approximate surface area is 144 Å². The van der Waals surface area contributed by atoms with Gasteiger partial charge in [0.05, 0.1) is 12.6 Å². The lowest BCUT2D eigenvalue weighted by molar-refractivity contribution is -0.120. The Morgan fingerprint density at radius 1 is 1.09 bits per heavy atom. The maximum atomic E-state index is 11.9. The molecule has 23 heavy (non-hydrogen) atoms. The molecule has 2 rings (SSSR count). The lowest BCUT2D eigenvalue weighted by Crippen LogP contribution is -2.38. The van der Waals surface area contributed by atoms with Crippen LogP contribution in [0.2, 0.25) is 10.0 Å². The summed E-state index contributed by atoms with van der Waals surface area (Å²) in [5.41, 5.74) is 1.27. The van der Waals surface area contributed by atoms with Crippen molar-refractivity contribution >= 4 is 35.0 Å². The van der Waals surface area contributed by atoms with Gasteiger partial charge in [-0.3, -0.25) is 9.59 Å². The van der Waals surface area contributed by atoms with Gasteiger partial charge >= 0.3 is 0 Å². The third-order valence-electron chi connectivity index (χ3n) is 3.25. The zero-order valence-electron chi connectivity index (χ0n) is 12.5. The van der Waals surface area contributed by atoms with Crippen molar-refractivity contribution in [3.05, 3.63) is 69.7 Å². The van der Waals surface area contributed by atoms with Gasteiger partial charge < -0.3 is 10.6 Å². The highest BCUT2D eigenvalue weighted by Crippen LogP contribution is 2.25. The normalized spacial score (nSPS) is 11.6. The highest BCUT2D eigenvalue weighted by molar-refractivity contribution is 6.35. The van der Waals surface area contributed by atoms with Crippen molar-refractivity contribution < 1.29 is 9.59 Å². The second-order valence-electron chi connectivity index (χ2n) is 5.00. The fourth-order valence-electron chi connectivity index (χ4n) is 2.08. The van der Waals surface area contributed by atoms with Gasteiger partial charge in [-0.25, -0.2) is 0 Å². The van der Waals surface area contributed by atoms with Crippen LogP contribution < -0.4 is 10.6 Å². The summed E-state index contributed by atoms with van der Waals surface area (Å²) in [6, 6.07) is 13.5. The van der Waals surface area contributed by atoms with E-state index in [1.54, 1.807) is 42.5 Å². The molecule has 120 valence electrons. The summed E-state index contributed by atoms with van der Waals surface area (Å²) >= 11 is 12.0. The van der Waals surface area contributed by atoms with Gasteiger partial charge in [0, 0.05) is 15.6 Å². The molecule has 0 aliphatic rings. The Morgan fingerprint density at radius 2 is 1.78 bits per heavy atom. The van der Waals surface area contributed by atoms with Gasteiger partial charge in [0.25, 0.3) is 5.91 Å². The van der Waals surface area contributed by atoms with Crippen molar-refractivity contribution in [1.82, 2.24) is 10.6 Å². The minimum Gasteiger partial charge on any atom is -0.348 e. The highest BCUT2D eigenvalue weighted by Gasteiger charge is 2.14. The van der Waals surface area contributed by atoms with E-state index in [9.17, 15) is 9.59 Å². The molecule has 4 nitrogen and oxygen atoms in total. The van der Waals surface area contributed by atoms with Crippen LogP contribution in [0.5, 0.6) is 0 Å². The van der Waals surface area contributed by atoms with E-state index >= 15 is 0 Å². The number of rotatable bonds is 5. The summed E-state index contributed by atoms with van der Waals surface area (Å²) in [5.74, 6) is -0.592. The number of carbonyl (C=O) groups excluding carboxylic acids is 2. The largest absolute Gasteiger partial charge is 0.348 e. The summed E-state index contributed by atoms with van der Waals surface area (Å²) in [6.45, 7) is 1.70. The van der Waals surface area contributed by atoms with Crippen LogP contribution in [0.1, 0.15) is 28.9 Å². The van der Waals surface area contributed by atoms with Gasteiger partial charge in [-0.1, -0.05) is 47.5 Å². The summed E-state index contributed by atoms with van der Waals surface area (Å²) in [7, 11) is 0. The summed E-state index contributed by atoms with van der Waals surface area (Å²) in [5, 5.41) is 6.38. The number of halogens is 2. The minimum atomic E-state index is -0.298. The zero-order chi connectivity index (χ0) is 16.8. The molecule has 0 aliphatic carbocycles. The first-order valence-corrected chi connectivity index (χ1v) is 7.80. The van der Waals surface area contributed by atoms with Crippen molar-refractivity contribution in [3.8, 4) is 0 Å². The van der Waals surface area contributed by atoms with Gasteiger partial charge in [-0.15, -0.1) is 0 Å². The minimum absolute atomic E-state index is 0.108. The van der Waals surface area contributed by atoms with Gasteiger partial charge in [0.15, 0.2) is 0 Å². The maximum absolute atomic E-state index is 11.9. The van der Waals surface area contributed by atoms with Crippen molar-refractivity contribution in [2.45, 2.75) is 13.0 Å². The number of carbonyl (C=O) groups is 2. The first-order valence-electron chi connectivity index (χ1n) is 7.05. The van der Waals surface area contributed by atoms with Crippen molar-refractivity contribution in [3.63, 3.8) is 0 Å². The average molecular weight is 351 g/mol. The molecule has 2 aromatic carbocycles. The fraction of sp³-hybridized carbons (Fsp3) is 0.176. The molecule has 0 aromatic heterocycles. The van der Waals surface area contributed by atoms with Crippen LogP contribution in [0.4, 0.5) is 0 Å². The smallest absolute Gasteiger partial charge is 0.251 e. The van der Waals surface area contributed by atoms with Crippen LogP contribution in [0.25, 0.3) is 0 Å². The predicted octanol–water partition coefficient (Wildman–Crippen LogP) is 3.60. The molecule has 2 amide bonds. The van der Waals surface area contributed by atoms with Crippen LogP contribution in [-0.4, -0.2) is 18.4 Å². The molecule has 1 atom stereocenters. The molecule has 0 saturated heterocycles. The number of amides is 2. The lowest BCUT2D eigenvalue weighted by atomic mass is 10.1. The Balaban J connectivity index is 1.88. The van der Waals surface area contributed by atoms with Crippen molar-refractivity contribution in [2.24, 2.45) is 0 Å². The SMILES string of the molecule is C[C@H](NC(=O)CNC(=O)c1ccccc1)c1ccc(Cl)cc1Cl. The van der Waals surface area contributed by atoms with Crippen LogP contribution in [-0.2, 0) is 4.79 Å². The number of hydrogen-bond acceptors (Lipinski definition) is 2. The molecule has 0 spiro atoms. The van der Waals surface area contributed by atoms with Gasteiger partial charge in [-0.05, 0) is 36.8 Å². The topological polar surface area (TPSA) is 58.2 Å². The van der Waals surface area contributed by atoms with E-state index in [1.165, 1.54) is 0 Å². The number of nitrogens with one attached hydrogen (secondary N) is 2. The first kappa shape index (κ1) is 17.3. The third kappa shape index (κ3) is 4.98. The standard InChI is InChI=1S/C17H16Cl2N2O2/c1-11(14-8-7-13(18)9-15(14)19)21-16(22)10-20-17(23)12-5-3-2-4-6-12/h2-9,11H,10H2,1H3,(H,20,23)(H,21,22)/t11-/m0/s1. The van der Waals surface area contributed by atoms with Gasteiger partial charge in [-0.2, -0.15) is 0 Å². The number of hydrogen-bond donors (Lipinski definition) is 2. The molecule has 0 unspecified atom stereocenters. The van der Waals surface area contributed by atoms with Crippen LogP contribution in [0, 0.1) is 0 Å². The summed E-state index contributed by atoms with van der Waals surface area (Å²) in [6.07, 6.45) is 0. The van der Waals surface area contributed by atoms with E-state index in [-0.39, 0.29) is 24.4 Å². The molecule has 0 saturated carbocycles. The Kier molecular flexibility index (Phi) is 6.02. The average Bonchev–Trinajstić information content (AvgIpc) is 2.53. The van der Waals surface area contributed by atoms with Crippen LogP contribution >= 0.6 is 23.2 Å². The Morgan fingerprint density at radius 3 is 2.43 bits per heavy atom. The molecule has 0 fully saturated rings. The van der Waals surface area contributed by atoms with E-state index in [0.29, 0.717) is 15.6 Å². The fourth-order valence-corrected chi connectivity index (χ4v) is 2.65. The van der Waals surface area contributed by atoms with Gasteiger partial charge in [0.1, 0.15) is 0 Å². The molecule has 0 heterocycles. The van der Waals surface area contributed by atoms with Crippen molar-refractivity contribution in [2.75, 3.05) is 6.54 Å². The van der Waals surface area contributed by atoms with Crippen molar-refractivity contribution in [1.29, 1.82) is 0 Å². The van der Waals surface area contributed by atoms with Crippen LogP contribution in [0.3, 0.4) is 0 Å². The van der Waals surface area contributed by atoms with E-state index < -0.39 is 0 Å².